The van der Waals surface area contributed by atoms with Gasteiger partial charge in [-0.1, -0.05) is 0 Å². The van der Waals surface area contributed by atoms with Crippen LogP contribution < -0.4 is 5.32 Å². The van der Waals surface area contributed by atoms with Crippen LogP contribution in [0.2, 0.25) is 0 Å². The molecule has 4 heteroatoms. The predicted molar refractivity (Wildman–Crippen MR) is 71.1 cm³/mol. The van der Waals surface area contributed by atoms with Gasteiger partial charge in [-0.25, -0.2) is 0 Å². The highest BCUT2D eigenvalue weighted by Gasteiger charge is 2.30. The maximum absolute atomic E-state index is 12.3. The van der Waals surface area contributed by atoms with Crippen molar-refractivity contribution in [1.29, 1.82) is 0 Å². The third-order valence-corrected chi connectivity index (χ3v) is 4.14. The minimum absolute atomic E-state index is 0.193. The third kappa shape index (κ3) is 2.87. The summed E-state index contributed by atoms with van der Waals surface area (Å²) < 4.78 is 0. The van der Waals surface area contributed by atoms with Crippen molar-refractivity contribution in [1.82, 2.24) is 10.2 Å². The van der Waals surface area contributed by atoms with Crippen LogP contribution in [0.4, 0.5) is 0 Å². The second kappa shape index (κ2) is 5.19. The molecule has 94 valence electrons. The zero-order chi connectivity index (χ0) is 12.4. The van der Waals surface area contributed by atoms with Crippen molar-refractivity contribution in [2.45, 2.75) is 33.4 Å². The highest BCUT2D eigenvalue weighted by atomic mass is 32.1. The van der Waals surface area contributed by atoms with Crippen molar-refractivity contribution in [3.8, 4) is 0 Å². The minimum atomic E-state index is 0.193. The zero-order valence-corrected chi connectivity index (χ0v) is 11.5. The Morgan fingerprint density at radius 1 is 1.53 bits per heavy atom. The van der Waals surface area contributed by atoms with Crippen molar-refractivity contribution < 1.29 is 4.79 Å². The lowest BCUT2D eigenvalue weighted by molar-refractivity contribution is -0.139. The third-order valence-electron chi connectivity index (χ3n) is 3.16. The molecule has 1 amide bonds. The van der Waals surface area contributed by atoms with Crippen LogP contribution in [0.5, 0.6) is 0 Å². The lowest BCUT2D eigenvalue weighted by atomic mass is 10.0. The molecule has 1 saturated heterocycles. The number of hydrogen-bond acceptors (Lipinski definition) is 3. The van der Waals surface area contributed by atoms with Crippen molar-refractivity contribution in [3.05, 3.63) is 21.9 Å². The Kier molecular flexibility index (Phi) is 3.84. The SMILES string of the molecule is Cc1ccc(CN(C(=O)C2CNC2)C(C)C)s1. The first-order chi connectivity index (χ1) is 8.08. The number of nitrogens with one attached hydrogen (secondary N) is 1. The van der Waals surface area contributed by atoms with Gasteiger partial charge in [0, 0.05) is 28.9 Å². The average Bonchev–Trinajstić information content (AvgIpc) is 2.57. The summed E-state index contributed by atoms with van der Waals surface area (Å²) in [5.74, 6) is 0.489. The second-order valence-corrected chi connectivity index (χ2v) is 6.30. The highest BCUT2D eigenvalue weighted by Crippen LogP contribution is 2.20. The summed E-state index contributed by atoms with van der Waals surface area (Å²) in [6.07, 6.45) is 0. The van der Waals surface area contributed by atoms with Crippen LogP contribution in [0, 0.1) is 12.8 Å². The van der Waals surface area contributed by atoms with Crippen LogP contribution in [-0.4, -0.2) is 29.9 Å². The van der Waals surface area contributed by atoms with Gasteiger partial charge in [0.2, 0.25) is 5.91 Å². The van der Waals surface area contributed by atoms with Crippen LogP contribution >= 0.6 is 11.3 Å². The number of thiophene rings is 1. The summed E-state index contributed by atoms with van der Waals surface area (Å²) in [5, 5.41) is 3.16. The van der Waals surface area contributed by atoms with Gasteiger partial charge in [-0.15, -0.1) is 11.3 Å². The molecule has 0 aliphatic carbocycles. The van der Waals surface area contributed by atoms with Crippen molar-refractivity contribution in [2.75, 3.05) is 13.1 Å². The molecule has 1 N–H and O–H groups in total. The Bertz CT molecular complexity index is 396. The zero-order valence-electron chi connectivity index (χ0n) is 10.7. The van der Waals surface area contributed by atoms with Crippen LogP contribution in [-0.2, 0) is 11.3 Å². The number of nitrogens with zero attached hydrogens (tertiary/aromatic N) is 1. The van der Waals surface area contributed by atoms with E-state index in [9.17, 15) is 4.79 Å². The van der Waals surface area contributed by atoms with Crippen LogP contribution in [0.1, 0.15) is 23.6 Å². The molecule has 0 spiro atoms. The van der Waals surface area contributed by atoms with E-state index in [1.54, 1.807) is 11.3 Å². The van der Waals surface area contributed by atoms with Crippen molar-refractivity contribution in [3.63, 3.8) is 0 Å². The normalized spacial score (nSPS) is 16.0. The lowest BCUT2D eigenvalue weighted by Gasteiger charge is -2.34. The molecule has 0 saturated carbocycles. The van der Waals surface area contributed by atoms with E-state index in [0.717, 1.165) is 19.6 Å². The highest BCUT2D eigenvalue weighted by molar-refractivity contribution is 7.11. The van der Waals surface area contributed by atoms with E-state index < -0.39 is 0 Å². The van der Waals surface area contributed by atoms with E-state index in [0.29, 0.717) is 5.91 Å². The molecular weight excluding hydrogens is 232 g/mol. The average molecular weight is 252 g/mol. The maximum atomic E-state index is 12.3. The summed E-state index contributed by atoms with van der Waals surface area (Å²) in [4.78, 5) is 16.8. The van der Waals surface area contributed by atoms with Gasteiger partial charge >= 0.3 is 0 Å². The summed E-state index contributed by atoms with van der Waals surface area (Å²) >= 11 is 1.78. The standard InChI is InChI=1S/C13H20N2OS/c1-9(2)15(13(16)11-6-14-7-11)8-12-5-4-10(3)17-12/h4-5,9,11,14H,6-8H2,1-3H3. The molecular formula is C13H20N2OS. The van der Waals surface area contributed by atoms with Crippen LogP contribution in [0.25, 0.3) is 0 Å². The van der Waals surface area contributed by atoms with Gasteiger partial charge in [-0.3, -0.25) is 4.79 Å². The van der Waals surface area contributed by atoms with Gasteiger partial charge in [0.1, 0.15) is 0 Å². The van der Waals surface area contributed by atoms with Gasteiger partial charge in [0.15, 0.2) is 0 Å². The molecule has 0 aromatic carbocycles. The number of carbonyl (C=O) groups excluding carboxylic acids is 1. The fraction of sp³-hybridized carbons (Fsp3) is 0.615. The largest absolute Gasteiger partial charge is 0.335 e. The molecule has 1 aromatic rings. The fourth-order valence-corrected chi connectivity index (χ4v) is 2.84. The maximum Gasteiger partial charge on any atom is 0.228 e. The molecule has 0 bridgehead atoms. The molecule has 1 fully saturated rings. The summed E-state index contributed by atoms with van der Waals surface area (Å²) in [5.41, 5.74) is 0. The first kappa shape index (κ1) is 12.6. The van der Waals surface area contributed by atoms with Crippen molar-refractivity contribution >= 4 is 17.2 Å². The van der Waals surface area contributed by atoms with E-state index in [1.807, 2.05) is 4.90 Å². The summed E-state index contributed by atoms with van der Waals surface area (Å²) in [7, 11) is 0. The Morgan fingerprint density at radius 3 is 2.65 bits per heavy atom. The quantitative estimate of drug-likeness (QED) is 0.889. The lowest BCUT2D eigenvalue weighted by Crippen LogP contribution is -2.53. The summed E-state index contributed by atoms with van der Waals surface area (Å²) in [6, 6.07) is 4.51. The number of carbonyl (C=O) groups is 1. The molecule has 17 heavy (non-hydrogen) atoms. The van der Waals surface area contributed by atoms with E-state index in [4.69, 9.17) is 0 Å². The molecule has 3 nitrogen and oxygen atoms in total. The molecule has 0 unspecified atom stereocenters. The van der Waals surface area contributed by atoms with Gasteiger partial charge in [0.05, 0.1) is 12.5 Å². The van der Waals surface area contributed by atoms with Crippen molar-refractivity contribution in [2.24, 2.45) is 5.92 Å². The van der Waals surface area contributed by atoms with E-state index in [1.165, 1.54) is 9.75 Å². The first-order valence-electron chi connectivity index (χ1n) is 6.14. The number of rotatable bonds is 4. The Balaban J connectivity index is 2.04. The van der Waals surface area contributed by atoms with Crippen LogP contribution in [0.3, 0.4) is 0 Å². The van der Waals surface area contributed by atoms with Gasteiger partial charge in [-0.05, 0) is 32.9 Å². The monoisotopic (exact) mass is 252 g/mol. The molecule has 1 aromatic heterocycles. The number of aryl methyl sites for hydroxylation is 1. The minimum Gasteiger partial charge on any atom is -0.335 e. The molecule has 2 rings (SSSR count). The topological polar surface area (TPSA) is 32.3 Å². The van der Waals surface area contributed by atoms with Gasteiger partial charge in [-0.2, -0.15) is 0 Å². The number of hydrogen-bond donors (Lipinski definition) is 1. The van der Waals surface area contributed by atoms with Gasteiger partial charge in [0.25, 0.3) is 0 Å². The summed E-state index contributed by atoms with van der Waals surface area (Å²) in [6.45, 7) is 8.71. The molecule has 0 radical (unpaired) electrons. The van der Waals surface area contributed by atoms with E-state index in [-0.39, 0.29) is 12.0 Å². The Hall–Kier alpha value is -0.870. The molecule has 2 heterocycles. The Labute approximate surface area is 107 Å². The first-order valence-corrected chi connectivity index (χ1v) is 6.96. The smallest absolute Gasteiger partial charge is 0.228 e. The second-order valence-electron chi connectivity index (χ2n) is 4.93. The predicted octanol–water partition coefficient (Wildman–Crippen LogP) is 2.01. The number of amides is 1. The van der Waals surface area contributed by atoms with Gasteiger partial charge < -0.3 is 10.2 Å². The molecule has 1 aliphatic rings. The molecule has 1 aliphatic heterocycles. The van der Waals surface area contributed by atoms with E-state index >= 15 is 0 Å². The van der Waals surface area contributed by atoms with E-state index in [2.05, 4.69) is 38.2 Å². The fourth-order valence-electron chi connectivity index (χ4n) is 1.95. The van der Waals surface area contributed by atoms with Crippen LogP contribution in [0.15, 0.2) is 12.1 Å². The molecule has 0 atom stereocenters. The Morgan fingerprint density at radius 2 is 2.24 bits per heavy atom.